The second-order valence-electron chi connectivity index (χ2n) is 6.87. The van der Waals surface area contributed by atoms with Crippen molar-refractivity contribution in [2.75, 3.05) is 30.3 Å². The van der Waals surface area contributed by atoms with Crippen LogP contribution >= 0.6 is 0 Å². The average molecular weight is 341 g/mol. The minimum Gasteiger partial charge on any atom is -0.465 e. The Morgan fingerprint density at radius 1 is 1.24 bits per heavy atom. The molecular weight excluding hydrogens is 318 g/mol. The van der Waals surface area contributed by atoms with Crippen molar-refractivity contribution in [1.29, 1.82) is 0 Å². The number of hydrogen-bond donors (Lipinski definition) is 3. The fraction of sp³-hybridized carbons (Fsp3) is 0.444. The van der Waals surface area contributed by atoms with Gasteiger partial charge in [0.2, 0.25) is 0 Å². The first-order valence-electron chi connectivity index (χ1n) is 8.71. The number of rotatable bonds is 2. The van der Waals surface area contributed by atoms with E-state index in [-0.39, 0.29) is 6.04 Å². The zero-order valence-electron chi connectivity index (χ0n) is 14.3. The first-order valence-corrected chi connectivity index (χ1v) is 8.71. The number of amides is 1. The zero-order valence-corrected chi connectivity index (χ0v) is 14.3. The van der Waals surface area contributed by atoms with E-state index in [0.717, 1.165) is 30.8 Å². The lowest BCUT2D eigenvalue weighted by Gasteiger charge is -2.32. The summed E-state index contributed by atoms with van der Waals surface area (Å²) in [7, 11) is 1.93. The molecule has 1 amide bonds. The Kier molecular flexibility index (Phi) is 3.99. The van der Waals surface area contributed by atoms with Gasteiger partial charge in [-0.25, -0.2) is 4.79 Å². The van der Waals surface area contributed by atoms with Gasteiger partial charge in [-0.15, -0.1) is 0 Å². The lowest BCUT2D eigenvalue weighted by molar-refractivity contribution is 0.132. The minimum atomic E-state index is -0.811. The minimum absolute atomic E-state index is 0.199. The molecule has 1 aromatic carbocycles. The number of carbonyl (C=O) groups is 1. The van der Waals surface area contributed by atoms with Crippen molar-refractivity contribution in [3.8, 4) is 0 Å². The second-order valence-corrected chi connectivity index (χ2v) is 6.87. The van der Waals surface area contributed by atoms with Gasteiger partial charge in [-0.1, -0.05) is 6.07 Å². The number of anilines is 2. The Balaban J connectivity index is 1.49. The van der Waals surface area contributed by atoms with E-state index in [2.05, 4.69) is 33.9 Å². The van der Waals surface area contributed by atoms with Crippen LogP contribution in [0.25, 0.3) is 0 Å². The molecule has 132 valence electrons. The van der Waals surface area contributed by atoms with Crippen LogP contribution in [-0.4, -0.2) is 45.5 Å². The van der Waals surface area contributed by atoms with Crippen molar-refractivity contribution >= 4 is 17.5 Å². The molecule has 1 aromatic heterocycles. The van der Waals surface area contributed by atoms with Crippen LogP contribution in [0.3, 0.4) is 0 Å². The van der Waals surface area contributed by atoms with Gasteiger partial charge in [0.05, 0.1) is 23.6 Å². The van der Waals surface area contributed by atoms with Crippen LogP contribution in [0.2, 0.25) is 0 Å². The summed E-state index contributed by atoms with van der Waals surface area (Å²) in [5, 5.41) is 20.4. The molecule has 0 spiro atoms. The van der Waals surface area contributed by atoms with Crippen LogP contribution in [0.15, 0.2) is 30.6 Å². The van der Waals surface area contributed by atoms with E-state index in [1.54, 1.807) is 0 Å². The number of benzene rings is 1. The second kappa shape index (κ2) is 6.31. The van der Waals surface area contributed by atoms with Crippen molar-refractivity contribution in [2.24, 2.45) is 7.05 Å². The number of fused-ring (bicyclic) bond motifs is 1. The van der Waals surface area contributed by atoms with E-state index >= 15 is 0 Å². The number of carboxylic acid groups (broad SMARTS) is 1. The molecule has 0 radical (unpaired) electrons. The average Bonchev–Trinajstić information content (AvgIpc) is 3.07. The molecule has 7 heteroatoms. The van der Waals surface area contributed by atoms with Gasteiger partial charge < -0.3 is 20.6 Å². The molecule has 1 fully saturated rings. The van der Waals surface area contributed by atoms with E-state index in [4.69, 9.17) is 5.11 Å². The molecule has 1 saturated heterocycles. The molecule has 2 aromatic rings. The highest BCUT2D eigenvalue weighted by Gasteiger charge is 2.25. The Bertz CT molecular complexity index is 780. The number of nitrogens with zero attached hydrogens (tertiary/aromatic N) is 3. The van der Waals surface area contributed by atoms with Crippen LogP contribution < -0.4 is 10.6 Å². The first-order chi connectivity index (χ1) is 12.1. The highest BCUT2D eigenvalue weighted by atomic mass is 16.4. The number of aromatic nitrogens is 2. The van der Waals surface area contributed by atoms with Gasteiger partial charge in [-0.3, -0.25) is 4.68 Å². The van der Waals surface area contributed by atoms with Gasteiger partial charge >= 0.3 is 6.09 Å². The maximum absolute atomic E-state index is 11.1. The third-order valence-corrected chi connectivity index (χ3v) is 5.23. The predicted molar refractivity (Wildman–Crippen MR) is 96.1 cm³/mol. The summed E-state index contributed by atoms with van der Waals surface area (Å²) >= 11 is 0. The molecular formula is C18H23N5O2. The molecule has 2 aliphatic rings. The fourth-order valence-corrected chi connectivity index (χ4v) is 3.77. The summed E-state index contributed by atoms with van der Waals surface area (Å²) in [6.07, 6.45) is 4.88. The third kappa shape index (κ3) is 3.14. The topological polar surface area (TPSA) is 82.4 Å². The number of hydrogen-bond acceptors (Lipinski definition) is 4. The van der Waals surface area contributed by atoms with Gasteiger partial charge in [-0.2, -0.15) is 5.10 Å². The molecule has 3 N–H and O–H groups in total. The maximum atomic E-state index is 11.1. The smallest absolute Gasteiger partial charge is 0.407 e. The van der Waals surface area contributed by atoms with Gasteiger partial charge in [0.1, 0.15) is 0 Å². The van der Waals surface area contributed by atoms with Crippen molar-refractivity contribution in [1.82, 2.24) is 14.7 Å². The standard InChI is InChI=1S/C18H23N5O2/c1-22-11-14(9-20-22)17-10-19-15-3-2-13(8-16(15)21-17)12-4-6-23(7-5-12)18(24)25/h2-3,8-9,11-12,17,19,21H,4-7,10H2,1H3,(H,24,25). The summed E-state index contributed by atoms with van der Waals surface area (Å²) in [6, 6.07) is 6.70. The van der Waals surface area contributed by atoms with Gasteiger partial charge in [0, 0.05) is 38.4 Å². The van der Waals surface area contributed by atoms with E-state index in [1.165, 1.54) is 16.0 Å². The van der Waals surface area contributed by atoms with Crippen LogP contribution in [-0.2, 0) is 7.05 Å². The highest BCUT2D eigenvalue weighted by molar-refractivity contribution is 5.73. The number of piperidine rings is 1. The van der Waals surface area contributed by atoms with Gasteiger partial charge in [0.25, 0.3) is 0 Å². The molecule has 25 heavy (non-hydrogen) atoms. The molecule has 3 heterocycles. The molecule has 0 saturated carbocycles. The summed E-state index contributed by atoms with van der Waals surface area (Å²) in [4.78, 5) is 12.6. The summed E-state index contributed by atoms with van der Waals surface area (Å²) in [5.41, 5.74) is 4.68. The lowest BCUT2D eigenvalue weighted by atomic mass is 9.88. The molecule has 0 aliphatic carbocycles. The summed E-state index contributed by atoms with van der Waals surface area (Å²) in [6.45, 7) is 2.05. The monoisotopic (exact) mass is 341 g/mol. The Hall–Kier alpha value is -2.70. The molecule has 1 atom stereocenters. The summed E-state index contributed by atoms with van der Waals surface area (Å²) in [5.74, 6) is 0.418. The van der Waals surface area contributed by atoms with E-state index in [1.807, 2.05) is 24.1 Å². The molecule has 0 bridgehead atoms. The Morgan fingerprint density at radius 2 is 2.04 bits per heavy atom. The SMILES string of the molecule is Cn1cc(C2CNc3ccc(C4CCN(C(=O)O)CC4)cc3N2)cn1. The number of likely N-dealkylation sites (tertiary alicyclic amines) is 1. The zero-order chi connectivity index (χ0) is 17.4. The van der Waals surface area contributed by atoms with Crippen molar-refractivity contribution < 1.29 is 9.90 Å². The van der Waals surface area contributed by atoms with E-state index in [0.29, 0.717) is 19.0 Å². The van der Waals surface area contributed by atoms with E-state index in [9.17, 15) is 4.79 Å². The maximum Gasteiger partial charge on any atom is 0.407 e. The number of aryl methyl sites for hydroxylation is 1. The molecule has 4 rings (SSSR count). The normalized spacial score (nSPS) is 20.5. The lowest BCUT2D eigenvalue weighted by Crippen LogP contribution is -2.36. The van der Waals surface area contributed by atoms with Crippen molar-refractivity contribution in [2.45, 2.75) is 24.8 Å². The first kappa shape index (κ1) is 15.8. The number of nitrogens with one attached hydrogen (secondary N) is 2. The Morgan fingerprint density at radius 3 is 2.72 bits per heavy atom. The molecule has 1 unspecified atom stereocenters. The Labute approximate surface area is 146 Å². The molecule has 7 nitrogen and oxygen atoms in total. The third-order valence-electron chi connectivity index (χ3n) is 5.23. The summed E-state index contributed by atoms with van der Waals surface area (Å²) < 4.78 is 1.82. The van der Waals surface area contributed by atoms with Crippen LogP contribution in [0, 0.1) is 0 Å². The van der Waals surface area contributed by atoms with Crippen molar-refractivity contribution in [3.63, 3.8) is 0 Å². The quantitative estimate of drug-likeness (QED) is 0.782. The fourth-order valence-electron chi connectivity index (χ4n) is 3.77. The van der Waals surface area contributed by atoms with E-state index < -0.39 is 6.09 Å². The van der Waals surface area contributed by atoms with Crippen LogP contribution in [0.4, 0.5) is 16.2 Å². The van der Waals surface area contributed by atoms with Crippen LogP contribution in [0.5, 0.6) is 0 Å². The van der Waals surface area contributed by atoms with Crippen LogP contribution in [0.1, 0.15) is 35.9 Å². The largest absolute Gasteiger partial charge is 0.465 e. The van der Waals surface area contributed by atoms with Gasteiger partial charge in [0.15, 0.2) is 0 Å². The van der Waals surface area contributed by atoms with Crippen molar-refractivity contribution in [3.05, 3.63) is 41.7 Å². The predicted octanol–water partition coefficient (Wildman–Crippen LogP) is 2.86. The molecule has 2 aliphatic heterocycles. The van der Waals surface area contributed by atoms with Gasteiger partial charge in [-0.05, 0) is 36.5 Å². The highest BCUT2D eigenvalue weighted by Crippen LogP contribution is 2.36.